The summed E-state index contributed by atoms with van der Waals surface area (Å²) in [5.74, 6) is 0.474. The van der Waals surface area contributed by atoms with E-state index in [9.17, 15) is 14.0 Å². The molecule has 0 unspecified atom stereocenters. The number of carbonyl (C=O) groups excluding carboxylic acids is 2. The van der Waals surface area contributed by atoms with Crippen LogP contribution in [0.15, 0.2) is 53.4 Å². The van der Waals surface area contributed by atoms with Gasteiger partial charge in [-0.05, 0) is 60.7 Å². The van der Waals surface area contributed by atoms with E-state index in [0.717, 1.165) is 22.8 Å². The SMILES string of the molecule is O=C(NCCCSc1ccc(F)cc1)c1ccc(N2CCNC2=O)cc1. The lowest BCUT2D eigenvalue weighted by Gasteiger charge is -2.14. The van der Waals surface area contributed by atoms with Crippen LogP contribution in [-0.4, -0.2) is 37.3 Å². The highest BCUT2D eigenvalue weighted by Gasteiger charge is 2.21. The van der Waals surface area contributed by atoms with Gasteiger partial charge in [0, 0.05) is 35.8 Å². The minimum absolute atomic E-state index is 0.110. The highest BCUT2D eigenvalue weighted by Crippen LogP contribution is 2.19. The molecular formula is C19H20FN3O2S. The van der Waals surface area contributed by atoms with Gasteiger partial charge < -0.3 is 10.6 Å². The maximum atomic E-state index is 12.8. The quantitative estimate of drug-likeness (QED) is 0.578. The molecule has 136 valence electrons. The van der Waals surface area contributed by atoms with Gasteiger partial charge in [-0.15, -0.1) is 11.8 Å². The summed E-state index contributed by atoms with van der Waals surface area (Å²) in [4.78, 5) is 26.5. The molecule has 1 saturated heterocycles. The lowest BCUT2D eigenvalue weighted by Crippen LogP contribution is -2.28. The number of benzene rings is 2. The number of rotatable bonds is 7. The Morgan fingerprint density at radius 2 is 1.88 bits per heavy atom. The molecule has 26 heavy (non-hydrogen) atoms. The van der Waals surface area contributed by atoms with Gasteiger partial charge in [0.1, 0.15) is 5.82 Å². The molecule has 0 atom stereocenters. The van der Waals surface area contributed by atoms with E-state index in [4.69, 9.17) is 0 Å². The van der Waals surface area contributed by atoms with E-state index in [1.54, 1.807) is 53.1 Å². The van der Waals surface area contributed by atoms with Crippen molar-refractivity contribution >= 4 is 29.4 Å². The van der Waals surface area contributed by atoms with Crippen LogP contribution in [0.25, 0.3) is 0 Å². The van der Waals surface area contributed by atoms with E-state index < -0.39 is 0 Å². The Labute approximate surface area is 156 Å². The molecule has 2 N–H and O–H groups in total. The zero-order valence-electron chi connectivity index (χ0n) is 14.2. The summed E-state index contributed by atoms with van der Waals surface area (Å²) in [6.07, 6.45) is 0.819. The zero-order valence-corrected chi connectivity index (χ0v) is 15.0. The van der Waals surface area contributed by atoms with Crippen molar-refractivity contribution in [2.75, 3.05) is 30.3 Å². The maximum absolute atomic E-state index is 12.8. The summed E-state index contributed by atoms with van der Waals surface area (Å²) in [6, 6.07) is 13.3. The molecule has 0 saturated carbocycles. The highest BCUT2D eigenvalue weighted by atomic mass is 32.2. The number of nitrogens with zero attached hydrogens (tertiary/aromatic N) is 1. The third-order valence-corrected chi connectivity index (χ3v) is 5.09. The predicted octanol–water partition coefficient (Wildman–Crippen LogP) is 3.27. The number of nitrogens with one attached hydrogen (secondary N) is 2. The fraction of sp³-hybridized carbons (Fsp3) is 0.263. The molecule has 0 bridgehead atoms. The van der Waals surface area contributed by atoms with E-state index in [1.807, 2.05) is 0 Å². The monoisotopic (exact) mass is 373 g/mol. The smallest absolute Gasteiger partial charge is 0.321 e. The van der Waals surface area contributed by atoms with Crippen LogP contribution < -0.4 is 15.5 Å². The van der Waals surface area contributed by atoms with Gasteiger partial charge >= 0.3 is 6.03 Å². The Kier molecular flexibility index (Phi) is 6.12. The van der Waals surface area contributed by atoms with Crippen molar-refractivity contribution in [3.05, 3.63) is 59.9 Å². The third-order valence-electron chi connectivity index (χ3n) is 3.99. The van der Waals surface area contributed by atoms with Crippen molar-refractivity contribution in [2.24, 2.45) is 0 Å². The molecule has 1 fully saturated rings. The molecule has 1 aliphatic heterocycles. The molecule has 1 aliphatic rings. The van der Waals surface area contributed by atoms with Crippen molar-refractivity contribution in [1.29, 1.82) is 0 Å². The van der Waals surface area contributed by atoms with Gasteiger partial charge in [-0.3, -0.25) is 9.69 Å². The fourth-order valence-electron chi connectivity index (χ4n) is 2.61. The Morgan fingerprint density at radius 3 is 2.54 bits per heavy atom. The summed E-state index contributed by atoms with van der Waals surface area (Å²) < 4.78 is 12.8. The minimum Gasteiger partial charge on any atom is -0.352 e. The Balaban J connectivity index is 1.40. The first-order valence-electron chi connectivity index (χ1n) is 8.45. The molecule has 0 aliphatic carbocycles. The second-order valence-corrected chi connectivity index (χ2v) is 7.01. The number of halogens is 1. The Hall–Kier alpha value is -2.54. The van der Waals surface area contributed by atoms with Gasteiger partial charge in [0.25, 0.3) is 5.91 Å². The second kappa shape index (κ2) is 8.71. The molecule has 0 aromatic heterocycles. The van der Waals surface area contributed by atoms with Crippen molar-refractivity contribution in [3.8, 4) is 0 Å². The standard InChI is InChI=1S/C19H20FN3O2S/c20-15-4-8-17(9-5-15)26-13-1-10-21-18(24)14-2-6-16(7-3-14)23-12-11-22-19(23)25/h2-9H,1,10-13H2,(H,21,24)(H,22,25). The average molecular weight is 373 g/mol. The molecular weight excluding hydrogens is 353 g/mol. The lowest BCUT2D eigenvalue weighted by molar-refractivity contribution is 0.0954. The van der Waals surface area contributed by atoms with Crippen LogP contribution in [0, 0.1) is 5.82 Å². The normalized spacial score (nSPS) is 13.6. The first kappa shape index (κ1) is 18.3. The summed E-state index contributed by atoms with van der Waals surface area (Å²) in [5, 5.41) is 5.63. The van der Waals surface area contributed by atoms with Crippen molar-refractivity contribution in [1.82, 2.24) is 10.6 Å². The van der Waals surface area contributed by atoms with Crippen LogP contribution in [-0.2, 0) is 0 Å². The van der Waals surface area contributed by atoms with E-state index in [2.05, 4.69) is 10.6 Å². The number of hydrogen-bond donors (Lipinski definition) is 2. The van der Waals surface area contributed by atoms with Gasteiger partial charge in [-0.1, -0.05) is 0 Å². The van der Waals surface area contributed by atoms with E-state index in [-0.39, 0.29) is 17.8 Å². The predicted molar refractivity (Wildman–Crippen MR) is 101 cm³/mol. The molecule has 0 spiro atoms. The van der Waals surface area contributed by atoms with Crippen LogP contribution in [0.4, 0.5) is 14.9 Å². The summed E-state index contributed by atoms with van der Waals surface area (Å²) in [6.45, 7) is 1.84. The highest BCUT2D eigenvalue weighted by molar-refractivity contribution is 7.99. The molecule has 3 amide bonds. The molecule has 7 heteroatoms. The number of amides is 3. The number of carbonyl (C=O) groups is 2. The molecule has 1 heterocycles. The zero-order chi connectivity index (χ0) is 18.4. The number of hydrogen-bond acceptors (Lipinski definition) is 3. The van der Waals surface area contributed by atoms with Crippen LogP contribution in [0.2, 0.25) is 0 Å². The number of anilines is 1. The molecule has 2 aromatic rings. The first-order valence-corrected chi connectivity index (χ1v) is 9.44. The van der Waals surface area contributed by atoms with E-state index >= 15 is 0 Å². The minimum atomic E-state index is -0.238. The average Bonchev–Trinajstić information content (AvgIpc) is 3.09. The van der Waals surface area contributed by atoms with Crippen molar-refractivity contribution in [3.63, 3.8) is 0 Å². The van der Waals surface area contributed by atoms with Crippen molar-refractivity contribution in [2.45, 2.75) is 11.3 Å². The topological polar surface area (TPSA) is 61.4 Å². The Bertz CT molecular complexity index is 765. The molecule has 3 rings (SSSR count). The number of thioether (sulfide) groups is 1. The van der Waals surface area contributed by atoms with Crippen LogP contribution in [0.3, 0.4) is 0 Å². The number of urea groups is 1. The van der Waals surface area contributed by atoms with Crippen LogP contribution in [0.5, 0.6) is 0 Å². The largest absolute Gasteiger partial charge is 0.352 e. The Morgan fingerprint density at radius 1 is 1.15 bits per heavy atom. The van der Waals surface area contributed by atoms with Gasteiger partial charge in [0.05, 0.1) is 0 Å². The van der Waals surface area contributed by atoms with Gasteiger partial charge in [-0.2, -0.15) is 0 Å². The fourth-order valence-corrected chi connectivity index (χ4v) is 3.46. The van der Waals surface area contributed by atoms with Gasteiger partial charge in [-0.25, -0.2) is 9.18 Å². The van der Waals surface area contributed by atoms with Gasteiger partial charge in [0.2, 0.25) is 0 Å². The van der Waals surface area contributed by atoms with Crippen molar-refractivity contribution < 1.29 is 14.0 Å². The molecule has 0 radical (unpaired) electrons. The summed E-state index contributed by atoms with van der Waals surface area (Å²) >= 11 is 1.63. The lowest BCUT2D eigenvalue weighted by atomic mass is 10.2. The molecule has 5 nitrogen and oxygen atoms in total. The first-order chi connectivity index (χ1) is 12.6. The summed E-state index contributed by atoms with van der Waals surface area (Å²) in [5.41, 5.74) is 1.35. The van der Waals surface area contributed by atoms with E-state index in [1.165, 1.54) is 12.1 Å². The molecule has 2 aromatic carbocycles. The van der Waals surface area contributed by atoms with Gasteiger partial charge in [0.15, 0.2) is 0 Å². The van der Waals surface area contributed by atoms with E-state index in [0.29, 0.717) is 25.2 Å². The third kappa shape index (κ3) is 4.76. The van der Waals surface area contributed by atoms with Crippen LogP contribution in [0.1, 0.15) is 16.8 Å². The summed E-state index contributed by atoms with van der Waals surface area (Å²) in [7, 11) is 0. The van der Waals surface area contributed by atoms with Crippen LogP contribution >= 0.6 is 11.8 Å². The maximum Gasteiger partial charge on any atom is 0.321 e. The second-order valence-electron chi connectivity index (χ2n) is 5.84.